The Bertz CT molecular complexity index is 461. The molecular formula is C13H20N4O2. The van der Waals surface area contributed by atoms with E-state index in [0.29, 0.717) is 5.92 Å². The van der Waals surface area contributed by atoms with Crippen LogP contribution in [0.4, 0.5) is 5.69 Å². The molecule has 0 atom stereocenters. The third-order valence-corrected chi connectivity index (χ3v) is 3.46. The summed E-state index contributed by atoms with van der Waals surface area (Å²) in [5.74, 6) is 0.612. The summed E-state index contributed by atoms with van der Waals surface area (Å²) < 4.78 is 1.86. The van der Waals surface area contributed by atoms with Crippen molar-refractivity contribution in [2.24, 2.45) is 5.92 Å². The molecule has 0 saturated carbocycles. The lowest BCUT2D eigenvalue weighted by Crippen LogP contribution is -2.38. The number of carbonyl (C=O) groups excluding carboxylic acids is 2. The summed E-state index contributed by atoms with van der Waals surface area (Å²) in [6.45, 7) is 5.60. The first-order chi connectivity index (χ1) is 9.04. The Hall–Kier alpha value is -1.85. The van der Waals surface area contributed by atoms with Gasteiger partial charge in [-0.05, 0) is 18.8 Å². The number of aromatic nitrogens is 2. The van der Waals surface area contributed by atoms with Crippen LogP contribution in [-0.4, -0.2) is 39.6 Å². The Kier molecular flexibility index (Phi) is 4.19. The molecule has 1 saturated heterocycles. The van der Waals surface area contributed by atoms with Gasteiger partial charge in [0.05, 0.1) is 11.9 Å². The van der Waals surface area contributed by atoms with Gasteiger partial charge in [0.15, 0.2) is 0 Å². The fraction of sp³-hybridized carbons (Fsp3) is 0.615. The first-order valence-corrected chi connectivity index (χ1v) is 6.60. The first kappa shape index (κ1) is 13.6. The zero-order valence-corrected chi connectivity index (χ0v) is 11.4. The molecule has 1 aromatic heterocycles. The Morgan fingerprint density at radius 3 is 2.63 bits per heavy atom. The van der Waals surface area contributed by atoms with E-state index in [9.17, 15) is 9.59 Å². The van der Waals surface area contributed by atoms with Gasteiger partial charge in [-0.2, -0.15) is 5.10 Å². The Morgan fingerprint density at radius 2 is 2.05 bits per heavy atom. The molecule has 1 aliphatic rings. The molecule has 0 radical (unpaired) electrons. The van der Waals surface area contributed by atoms with E-state index in [1.54, 1.807) is 13.1 Å². The minimum absolute atomic E-state index is 0.0886. The van der Waals surface area contributed by atoms with Gasteiger partial charge in [0.1, 0.15) is 0 Å². The van der Waals surface area contributed by atoms with E-state index in [0.717, 1.165) is 38.2 Å². The fourth-order valence-corrected chi connectivity index (χ4v) is 2.43. The van der Waals surface area contributed by atoms with Crippen LogP contribution in [0.3, 0.4) is 0 Å². The molecule has 19 heavy (non-hydrogen) atoms. The van der Waals surface area contributed by atoms with E-state index in [1.165, 1.54) is 6.92 Å². The monoisotopic (exact) mass is 264 g/mol. The van der Waals surface area contributed by atoms with Gasteiger partial charge in [0, 0.05) is 39.7 Å². The second-order valence-electron chi connectivity index (χ2n) is 5.08. The summed E-state index contributed by atoms with van der Waals surface area (Å²) in [7, 11) is 0. The van der Waals surface area contributed by atoms with Gasteiger partial charge in [-0.3, -0.25) is 14.3 Å². The van der Waals surface area contributed by atoms with E-state index >= 15 is 0 Å². The number of hydrogen-bond donors (Lipinski definition) is 1. The number of piperidine rings is 1. The summed E-state index contributed by atoms with van der Waals surface area (Å²) in [5, 5.41) is 6.95. The lowest BCUT2D eigenvalue weighted by atomic mass is 9.97. The number of carbonyl (C=O) groups is 2. The van der Waals surface area contributed by atoms with Gasteiger partial charge in [-0.15, -0.1) is 0 Å². The van der Waals surface area contributed by atoms with Crippen LogP contribution in [0.25, 0.3) is 0 Å². The average molecular weight is 264 g/mol. The molecule has 2 amide bonds. The fourth-order valence-electron chi connectivity index (χ4n) is 2.43. The van der Waals surface area contributed by atoms with Crippen molar-refractivity contribution in [3.05, 3.63) is 12.4 Å². The van der Waals surface area contributed by atoms with Gasteiger partial charge in [0.2, 0.25) is 11.8 Å². The van der Waals surface area contributed by atoms with Crippen molar-refractivity contribution in [2.45, 2.75) is 33.2 Å². The number of rotatable bonds is 3. The normalized spacial score (nSPS) is 16.4. The highest BCUT2D eigenvalue weighted by molar-refractivity contribution is 5.88. The molecule has 0 unspecified atom stereocenters. The van der Waals surface area contributed by atoms with Crippen LogP contribution in [0, 0.1) is 5.92 Å². The van der Waals surface area contributed by atoms with Crippen LogP contribution in [0.15, 0.2) is 12.4 Å². The van der Waals surface area contributed by atoms with E-state index in [1.807, 2.05) is 15.8 Å². The van der Waals surface area contributed by atoms with Gasteiger partial charge >= 0.3 is 0 Å². The average Bonchev–Trinajstić information content (AvgIpc) is 2.76. The van der Waals surface area contributed by atoms with Crippen molar-refractivity contribution < 1.29 is 9.59 Å². The van der Waals surface area contributed by atoms with Crippen LogP contribution in [0.2, 0.25) is 0 Å². The van der Waals surface area contributed by atoms with Crippen molar-refractivity contribution in [3.63, 3.8) is 0 Å². The third kappa shape index (κ3) is 3.81. The Morgan fingerprint density at radius 1 is 1.37 bits per heavy atom. The van der Waals surface area contributed by atoms with Crippen LogP contribution in [0.1, 0.15) is 26.7 Å². The molecule has 1 aromatic rings. The van der Waals surface area contributed by atoms with Crippen molar-refractivity contribution in [2.75, 3.05) is 18.4 Å². The smallest absolute Gasteiger partial charge is 0.221 e. The number of anilines is 1. The van der Waals surface area contributed by atoms with Crippen molar-refractivity contribution in [3.8, 4) is 0 Å². The molecule has 1 N–H and O–H groups in total. The maximum Gasteiger partial charge on any atom is 0.221 e. The number of amides is 2. The largest absolute Gasteiger partial charge is 0.343 e. The van der Waals surface area contributed by atoms with Crippen molar-refractivity contribution >= 4 is 17.5 Å². The zero-order valence-electron chi connectivity index (χ0n) is 11.4. The Balaban J connectivity index is 1.84. The first-order valence-electron chi connectivity index (χ1n) is 6.60. The highest BCUT2D eigenvalue weighted by Crippen LogP contribution is 2.19. The number of hydrogen-bond acceptors (Lipinski definition) is 3. The molecule has 104 valence electrons. The van der Waals surface area contributed by atoms with E-state index in [4.69, 9.17) is 0 Å². The van der Waals surface area contributed by atoms with Gasteiger partial charge < -0.3 is 10.2 Å². The van der Waals surface area contributed by atoms with Crippen LogP contribution in [0.5, 0.6) is 0 Å². The summed E-state index contributed by atoms with van der Waals surface area (Å²) >= 11 is 0. The minimum Gasteiger partial charge on any atom is -0.343 e. The van der Waals surface area contributed by atoms with Gasteiger partial charge in [-0.25, -0.2) is 0 Å². The summed E-state index contributed by atoms with van der Waals surface area (Å²) in [4.78, 5) is 24.1. The quantitative estimate of drug-likeness (QED) is 0.889. The summed E-state index contributed by atoms with van der Waals surface area (Å²) in [6.07, 6.45) is 5.52. The standard InChI is InChI=1S/C13H20N4O2/c1-10(18)15-13-7-14-17(9-13)8-12-3-5-16(6-4-12)11(2)19/h7,9,12H,3-6,8H2,1-2H3,(H,15,18). The van der Waals surface area contributed by atoms with Crippen LogP contribution >= 0.6 is 0 Å². The number of nitrogens with zero attached hydrogens (tertiary/aromatic N) is 3. The van der Waals surface area contributed by atoms with Crippen molar-refractivity contribution in [1.29, 1.82) is 0 Å². The maximum atomic E-state index is 11.2. The molecule has 0 aromatic carbocycles. The predicted octanol–water partition coefficient (Wildman–Crippen LogP) is 1.10. The number of likely N-dealkylation sites (tertiary alicyclic amines) is 1. The van der Waals surface area contributed by atoms with E-state index in [-0.39, 0.29) is 11.8 Å². The molecule has 1 fully saturated rings. The lowest BCUT2D eigenvalue weighted by molar-refractivity contribution is -0.130. The summed E-state index contributed by atoms with van der Waals surface area (Å²) in [6, 6.07) is 0. The maximum absolute atomic E-state index is 11.2. The molecule has 0 bridgehead atoms. The molecule has 6 heteroatoms. The third-order valence-electron chi connectivity index (χ3n) is 3.46. The molecular weight excluding hydrogens is 244 g/mol. The SMILES string of the molecule is CC(=O)Nc1cnn(CC2CCN(C(C)=O)CC2)c1. The minimum atomic E-state index is -0.0886. The van der Waals surface area contributed by atoms with E-state index < -0.39 is 0 Å². The van der Waals surface area contributed by atoms with Crippen LogP contribution in [-0.2, 0) is 16.1 Å². The Labute approximate surface area is 112 Å². The molecule has 2 heterocycles. The lowest BCUT2D eigenvalue weighted by Gasteiger charge is -2.31. The van der Waals surface area contributed by atoms with Crippen LogP contribution < -0.4 is 5.32 Å². The predicted molar refractivity (Wildman–Crippen MR) is 71.5 cm³/mol. The zero-order chi connectivity index (χ0) is 13.8. The molecule has 6 nitrogen and oxygen atoms in total. The van der Waals surface area contributed by atoms with Gasteiger partial charge in [-0.1, -0.05) is 0 Å². The molecule has 0 aliphatic carbocycles. The second-order valence-corrected chi connectivity index (χ2v) is 5.08. The highest BCUT2D eigenvalue weighted by atomic mass is 16.2. The highest BCUT2D eigenvalue weighted by Gasteiger charge is 2.21. The molecule has 2 rings (SSSR count). The number of nitrogens with one attached hydrogen (secondary N) is 1. The molecule has 0 spiro atoms. The van der Waals surface area contributed by atoms with Gasteiger partial charge in [0.25, 0.3) is 0 Å². The molecule has 1 aliphatic heterocycles. The van der Waals surface area contributed by atoms with Crippen molar-refractivity contribution in [1.82, 2.24) is 14.7 Å². The topological polar surface area (TPSA) is 67.2 Å². The van der Waals surface area contributed by atoms with E-state index in [2.05, 4.69) is 10.4 Å². The summed E-state index contributed by atoms with van der Waals surface area (Å²) in [5.41, 5.74) is 0.730. The second kappa shape index (κ2) is 5.86.